The van der Waals surface area contributed by atoms with Crippen molar-refractivity contribution < 1.29 is 150 Å². The monoisotopic (exact) mass is 2180 g/mol. The maximum Gasteiger partial charge on any atom is 0.335 e. The normalized spacial score (nSPS) is 23.1. The third-order valence-corrected chi connectivity index (χ3v) is 30.6. The lowest BCUT2D eigenvalue weighted by molar-refractivity contribution is -0.139. The third-order valence-electron chi connectivity index (χ3n) is 19.0. The van der Waals surface area contributed by atoms with Gasteiger partial charge in [-0.1, -0.05) is 106 Å². The van der Waals surface area contributed by atoms with E-state index in [9.17, 15) is 106 Å². The topological polar surface area (TPSA) is 435 Å². The molecule has 0 aliphatic heterocycles. The molecule has 0 saturated heterocycles. The number of nitrogens with one attached hydrogen (secondary N) is 6. The minimum Gasteiger partial charge on any atom is -0.463 e. The molecule has 6 aliphatic carbocycles. The molecule has 0 spiro atoms. The number of esters is 6. The highest BCUT2D eigenvalue weighted by atomic mass is 35.5. The number of allylic oxidation sites excluding steroid dienone is 6. The first-order valence-electron chi connectivity index (χ1n) is 47.6. The van der Waals surface area contributed by atoms with E-state index in [0.717, 1.165) is 121 Å². The van der Waals surface area contributed by atoms with Crippen molar-refractivity contribution in [1.29, 1.82) is 0 Å². The van der Waals surface area contributed by atoms with Crippen LogP contribution in [0.25, 0.3) is 0 Å². The Morgan fingerprint density at radius 1 is 0.283 bits per heavy atom. The highest BCUT2D eigenvalue weighted by Crippen LogP contribution is 2.39. The highest BCUT2D eigenvalue weighted by molar-refractivity contribution is 7.95. The van der Waals surface area contributed by atoms with Crippen LogP contribution in [-0.2, 0) is 117 Å². The number of benzene rings is 6. The van der Waals surface area contributed by atoms with Crippen molar-refractivity contribution in [3.8, 4) is 0 Å². The molecule has 0 aromatic heterocycles. The summed E-state index contributed by atoms with van der Waals surface area (Å²) in [5.41, 5.74) is -2.66. The first kappa shape index (κ1) is 97.2. The van der Waals surface area contributed by atoms with Crippen LogP contribution in [0.15, 0.2) is 179 Å². The molecule has 0 heterocycles. The number of anilines is 6. The van der Waals surface area contributed by atoms with Gasteiger partial charge in [0, 0.05) is 11.0 Å². The number of carbonyl (C=O) groups excluding carboxylic acids is 6. The minimum absolute atomic E-state index is 0.0279. The number of sulfonamides is 6. The molecular formula is C90H102Cl6F6N6O24S6. The largest absolute Gasteiger partial charge is 0.463 e. The zero-order valence-corrected chi connectivity index (χ0v) is 83.4. The van der Waals surface area contributed by atoms with Crippen molar-refractivity contribution in [2.24, 2.45) is 0 Å². The summed E-state index contributed by atoms with van der Waals surface area (Å²) in [6.07, 6.45) is -1.21. The van der Waals surface area contributed by atoms with Gasteiger partial charge in [0.25, 0.3) is 0 Å². The second-order valence-electron chi connectivity index (χ2n) is 28.7. The average molecular weight is 2180 g/mol. The van der Waals surface area contributed by atoms with E-state index in [4.69, 9.17) is 114 Å². The number of ether oxygens (including phenoxy) is 6. The van der Waals surface area contributed by atoms with Gasteiger partial charge in [-0.05, 0) is 266 Å². The summed E-state index contributed by atoms with van der Waals surface area (Å²) >= 11 is 35.0. The minimum atomic E-state index is -4.56. The van der Waals surface area contributed by atoms with Crippen LogP contribution in [0.3, 0.4) is 0 Å². The molecule has 0 fully saturated rings. The summed E-state index contributed by atoms with van der Waals surface area (Å²) in [6, 6.07) is 18.6. The van der Waals surface area contributed by atoms with Crippen molar-refractivity contribution in [3.05, 3.63) is 244 Å². The second kappa shape index (κ2) is 53.9. The fourth-order valence-electron chi connectivity index (χ4n) is 12.8. The van der Waals surface area contributed by atoms with Crippen LogP contribution < -0.4 is 28.3 Å². The van der Waals surface area contributed by atoms with Gasteiger partial charge in [-0.15, -0.1) is 0 Å². The number of hydrogen-bond acceptors (Lipinski definition) is 24. The molecule has 0 saturated carbocycles. The van der Waals surface area contributed by atoms with Crippen molar-refractivity contribution in [2.45, 2.75) is 188 Å². The quantitative estimate of drug-likeness (QED) is 0.0139. The molecule has 6 aromatic carbocycles. The Hall–Kier alpha value is -9.60. The molecule has 0 radical (unpaired) electrons. The van der Waals surface area contributed by atoms with E-state index in [1.165, 1.54) is 38.1 Å². The fraction of sp³-hybridized carbons (Fsp3) is 0.400. The van der Waals surface area contributed by atoms with Crippen LogP contribution in [0.1, 0.15) is 173 Å². The predicted molar refractivity (Wildman–Crippen MR) is 518 cm³/mol. The van der Waals surface area contributed by atoms with Crippen molar-refractivity contribution in [1.82, 2.24) is 0 Å². The van der Waals surface area contributed by atoms with E-state index in [1.807, 2.05) is 0 Å². The number of hydrogen-bond donors (Lipinski definition) is 6. The lowest BCUT2D eigenvalue weighted by Gasteiger charge is -2.24. The lowest BCUT2D eigenvalue weighted by Crippen LogP contribution is -2.34. The van der Waals surface area contributed by atoms with Crippen molar-refractivity contribution in [3.63, 3.8) is 0 Å². The first-order valence-corrected chi connectivity index (χ1v) is 52.9. The van der Waals surface area contributed by atoms with Gasteiger partial charge in [0.15, 0.2) is 0 Å². The Kier molecular flexibility index (Phi) is 38.0. The van der Waals surface area contributed by atoms with Crippen LogP contribution >= 0.6 is 69.6 Å². The van der Waals surface area contributed by atoms with E-state index in [0.29, 0.717) is 25.7 Å². The summed E-state index contributed by atoms with van der Waals surface area (Å²) in [5, 5.41) is -12.9. The molecule has 756 valence electrons. The maximum absolute atomic E-state index is 13.1. The van der Waals surface area contributed by atoms with Gasteiger partial charge in [0.05, 0.1) is 143 Å². The van der Waals surface area contributed by atoms with E-state index in [2.05, 4.69) is 28.3 Å². The fourth-order valence-corrected chi connectivity index (χ4v) is 23.2. The molecule has 0 bridgehead atoms. The Labute approximate surface area is 844 Å². The van der Waals surface area contributed by atoms with E-state index in [1.54, 1.807) is 27.7 Å². The zero-order chi connectivity index (χ0) is 113. The smallest absolute Gasteiger partial charge is 0.335 e. The van der Waals surface area contributed by atoms with Crippen LogP contribution in [0.4, 0.5) is 60.5 Å². The molecule has 0 amide bonds. The number of rotatable bonds is 30. The maximum atomic E-state index is 13.1. The molecule has 30 nitrogen and oxygen atoms in total. The molecule has 6 aromatic rings. The summed E-state index contributed by atoms with van der Waals surface area (Å²) in [5.74, 6) is -9.40. The Morgan fingerprint density at radius 2 is 0.457 bits per heavy atom. The van der Waals surface area contributed by atoms with Crippen LogP contribution in [-0.4, -0.2) is 157 Å². The van der Waals surface area contributed by atoms with Crippen LogP contribution in [0, 0.1) is 34.9 Å². The molecular weight excluding hydrogens is 2070 g/mol. The van der Waals surface area contributed by atoms with Gasteiger partial charge in [0.1, 0.15) is 66.3 Å². The predicted octanol–water partition coefficient (Wildman–Crippen LogP) is 19.6. The third kappa shape index (κ3) is 33.8. The Morgan fingerprint density at radius 3 is 0.659 bits per heavy atom. The van der Waals surface area contributed by atoms with E-state index < -0.39 is 212 Å². The van der Waals surface area contributed by atoms with Gasteiger partial charge < -0.3 is 28.4 Å². The van der Waals surface area contributed by atoms with Gasteiger partial charge >= 0.3 is 35.8 Å². The standard InChI is InChI=1S/6C15H17ClFNO4S/c6*1-2-22-15(19)11-5-3-4-6-14(11)23(20,21)18-13-8-7-10(17)9-12(13)16/h6*5,7-9,14,18H,2-4,6H2,1H3/t6*14-/m111000/s1/i3D2,14D;14D;3D2;3D2,14D;14D;3D2. The van der Waals surface area contributed by atoms with Crippen molar-refractivity contribution >= 4 is 200 Å². The van der Waals surface area contributed by atoms with Gasteiger partial charge in [0.2, 0.25) is 60.1 Å². The van der Waals surface area contributed by atoms with Gasteiger partial charge in [-0.25, -0.2) is 106 Å². The molecule has 6 aliphatic rings. The number of halogens is 12. The zero-order valence-electron chi connectivity index (χ0n) is 85.9. The molecule has 0 unspecified atom stereocenters. The SMILES string of the molecule is [2H]C1([2H])C=C(C(=O)OCC)[C@@H](S(=O)(=O)Nc2ccc(F)cc2Cl)CC1.[2H]C1([2H])C=C(C(=O)OCC)[C@@]([2H])(S(=O)(=O)Nc2ccc(F)cc2Cl)CC1.[2H]C1([2H])C=C(C(=O)OCC)[C@H](S(=O)(=O)Nc2ccc(F)cc2Cl)CC1.[2H]C1([2H])C=C(C(=O)OCC)[C@]([2H])(S(=O)(=O)Nc2ccc(F)cc2Cl)CC1.[2H][C@@]1(S(=O)(=O)Nc2ccc(F)cc2Cl)CCCC=C1C(=O)OCC.[2H][C@]1(S(=O)(=O)Nc2ccc(F)cc2Cl)CCCC=C1C(=O)OCC. The molecule has 138 heavy (non-hydrogen) atoms. The van der Waals surface area contributed by atoms with Crippen LogP contribution in [0.5, 0.6) is 0 Å². The summed E-state index contributed by atoms with van der Waals surface area (Å²) in [4.78, 5) is 72.6. The van der Waals surface area contributed by atoms with Crippen molar-refractivity contribution in [2.75, 3.05) is 68.0 Å². The van der Waals surface area contributed by atoms with Gasteiger partial charge in [-0.2, -0.15) is 0 Å². The van der Waals surface area contributed by atoms with Gasteiger partial charge in [-0.3, -0.25) is 28.3 Å². The molecule has 48 heteroatoms. The molecule has 12 rings (SSSR count). The van der Waals surface area contributed by atoms with E-state index >= 15 is 0 Å². The Balaban J connectivity index is 0.000000243. The lowest BCUT2D eigenvalue weighted by atomic mass is 9.99. The highest BCUT2D eigenvalue weighted by Gasteiger charge is 2.42. The molecule has 6 atom stereocenters. The van der Waals surface area contributed by atoms with E-state index in [-0.39, 0.29) is 178 Å². The van der Waals surface area contributed by atoms with Crippen LogP contribution in [0.2, 0.25) is 30.1 Å². The second-order valence-corrected chi connectivity index (χ2v) is 41.7. The summed E-state index contributed by atoms with van der Waals surface area (Å²) < 4.78 is 369. The number of carbonyl (C=O) groups is 6. The average Bonchev–Trinajstić information content (AvgIpc) is 0.740. The molecule has 6 N–H and O–H groups in total. The summed E-state index contributed by atoms with van der Waals surface area (Å²) in [6.45, 7) is 9.42. The summed E-state index contributed by atoms with van der Waals surface area (Å²) in [7, 11) is -26.1. The first-order chi connectivity index (χ1) is 69.4. The Bertz CT molecular complexity index is 6620.